The molecule has 2 heterocycles. The number of hydrogen-bond donors (Lipinski definition) is 0. The normalized spacial score (nSPS) is 21.5. The molecule has 88 valence electrons. The van der Waals surface area contributed by atoms with Gasteiger partial charge < -0.3 is 9.80 Å². The Morgan fingerprint density at radius 3 is 3.00 bits per heavy atom. The van der Waals surface area contributed by atoms with Crippen molar-refractivity contribution in [3.8, 4) is 0 Å². The Morgan fingerprint density at radius 1 is 1.50 bits per heavy atom. The van der Waals surface area contributed by atoms with Crippen molar-refractivity contribution in [2.45, 2.75) is 18.9 Å². The van der Waals surface area contributed by atoms with Crippen LogP contribution in [0.1, 0.15) is 12.8 Å². The Bertz CT molecular complexity index is 354. The second kappa shape index (κ2) is 4.78. The van der Waals surface area contributed by atoms with Crippen molar-refractivity contribution in [2.24, 2.45) is 0 Å². The quantitative estimate of drug-likeness (QED) is 0.712. The predicted molar refractivity (Wildman–Crippen MR) is 63.1 cm³/mol. The molecule has 4 heteroatoms. The van der Waals surface area contributed by atoms with Gasteiger partial charge in [-0.3, -0.25) is 0 Å². The fraction of sp³-hybridized carbons (Fsp3) is 0.583. The molecule has 0 N–H and O–H groups in total. The minimum atomic E-state index is -0.399. The summed E-state index contributed by atoms with van der Waals surface area (Å²) in [6, 6.07) is 3.95. The molecule has 1 aliphatic rings. The van der Waals surface area contributed by atoms with Crippen molar-refractivity contribution >= 4 is 5.69 Å². The maximum absolute atomic E-state index is 13.0. The van der Waals surface area contributed by atoms with Crippen LogP contribution in [0.4, 0.5) is 10.1 Å². The van der Waals surface area contributed by atoms with E-state index < -0.39 is 5.95 Å². The zero-order chi connectivity index (χ0) is 11.5. The minimum Gasteiger partial charge on any atom is -0.370 e. The highest BCUT2D eigenvalue weighted by Crippen LogP contribution is 2.21. The third-order valence-electron chi connectivity index (χ3n) is 3.20. The first-order valence-electron chi connectivity index (χ1n) is 5.70. The number of pyridine rings is 1. The molecule has 2 rings (SSSR count). The highest BCUT2D eigenvalue weighted by atomic mass is 19.1. The van der Waals surface area contributed by atoms with Gasteiger partial charge in [0.1, 0.15) is 0 Å². The Balaban J connectivity index is 2.09. The molecule has 0 aliphatic carbocycles. The highest BCUT2D eigenvalue weighted by Gasteiger charge is 2.21. The summed E-state index contributed by atoms with van der Waals surface area (Å²) in [5.74, 6) is -0.399. The lowest BCUT2D eigenvalue weighted by molar-refractivity contribution is 0.258. The van der Waals surface area contributed by atoms with E-state index in [4.69, 9.17) is 0 Å². The Morgan fingerprint density at radius 2 is 2.31 bits per heavy atom. The lowest BCUT2D eigenvalue weighted by Gasteiger charge is -2.37. The predicted octanol–water partition coefficient (Wildman–Crippen LogP) is 1.75. The van der Waals surface area contributed by atoms with Crippen molar-refractivity contribution in [3.05, 3.63) is 24.3 Å². The molecular weight excluding hydrogens is 205 g/mol. The summed E-state index contributed by atoms with van der Waals surface area (Å²) < 4.78 is 13.0. The van der Waals surface area contributed by atoms with E-state index in [9.17, 15) is 4.39 Å². The first-order valence-corrected chi connectivity index (χ1v) is 5.70. The molecule has 1 fully saturated rings. The maximum atomic E-state index is 13.0. The summed E-state index contributed by atoms with van der Waals surface area (Å²) in [5, 5.41) is 0. The van der Waals surface area contributed by atoms with Crippen molar-refractivity contribution in [3.63, 3.8) is 0 Å². The SMILES string of the molecule is CN(C)C1CCCN(c2ccnc(F)c2)C1. The molecule has 1 aliphatic heterocycles. The highest BCUT2D eigenvalue weighted by molar-refractivity contribution is 5.45. The third-order valence-corrected chi connectivity index (χ3v) is 3.20. The molecular formula is C12H18FN3. The number of halogens is 1. The number of piperidine rings is 1. The fourth-order valence-electron chi connectivity index (χ4n) is 2.20. The van der Waals surface area contributed by atoms with Gasteiger partial charge in [-0.1, -0.05) is 0 Å². The van der Waals surface area contributed by atoms with Crippen molar-refractivity contribution in [2.75, 3.05) is 32.1 Å². The van der Waals surface area contributed by atoms with Crippen LogP contribution in [0.3, 0.4) is 0 Å². The van der Waals surface area contributed by atoms with Gasteiger partial charge in [-0.2, -0.15) is 4.39 Å². The topological polar surface area (TPSA) is 19.4 Å². The summed E-state index contributed by atoms with van der Waals surface area (Å²) >= 11 is 0. The molecule has 1 aromatic heterocycles. The Labute approximate surface area is 95.9 Å². The molecule has 0 radical (unpaired) electrons. The molecule has 0 bridgehead atoms. The van der Waals surface area contributed by atoms with E-state index in [-0.39, 0.29) is 0 Å². The monoisotopic (exact) mass is 223 g/mol. The van der Waals surface area contributed by atoms with Crippen LogP contribution < -0.4 is 4.90 Å². The van der Waals surface area contributed by atoms with Crippen LogP contribution in [0.5, 0.6) is 0 Å². The van der Waals surface area contributed by atoms with Crippen LogP contribution in [0.2, 0.25) is 0 Å². The van der Waals surface area contributed by atoms with Gasteiger partial charge in [0.25, 0.3) is 0 Å². The van der Waals surface area contributed by atoms with Gasteiger partial charge in [-0.15, -0.1) is 0 Å². The minimum absolute atomic E-state index is 0.399. The average Bonchev–Trinajstić information content (AvgIpc) is 2.29. The second-order valence-corrected chi connectivity index (χ2v) is 4.54. The number of hydrogen-bond acceptors (Lipinski definition) is 3. The van der Waals surface area contributed by atoms with Gasteiger partial charge in [-0.25, -0.2) is 4.98 Å². The number of anilines is 1. The average molecular weight is 223 g/mol. The van der Waals surface area contributed by atoms with Crippen LogP contribution in [-0.4, -0.2) is 43.1 Å². The van der Waals surface area contributed by atoms with Crippen LogP contribution in [-0.2, 0) is 0 Å². The standard InChI is InChI=1S/C12H18FN3/c1-15(2)11-4-3-7-16(9-11)10-5-6-14-12(13)8-10/h5-6,8,11H,3-4,7,9H2,1-2H3. The fourth-order valence-corrected chi connectivity index (χ4v) is 2.20. The summed E-state index contributed by atoms with van der Waals surface area (Å²) in [6.07, 6.45) is 3.91. The largest absolute Gasteiger partial charge is 0.370 e. The van der Waals surface area contributed by atoms with Gasteiger partial charge >= 0.3 is 0 Å². The number of likely N-dealkylation sites (N-methyl/N-ethyl adjacent to an activating group) is 1. The van der Waals surface area contributed by atoms with Gasteiger partial charge in [0.05, 0.1) is 0 Å². The molecule has 1 atom stereocenters. The summed E-state index contributed by atoms with van der Waals surface area (Å²) in [7, 11) is 4.20. The number of nitrogens with zero attached hydrogens (tertiary/aromatic N) is 3. The smallest absolute Gasteiger partial charge is 0.214 e. The van der Waals surface area contributed by atoms with E-state index in [0.29, 0.717) is 6.04 Å². The van der Waals surface area contributed by atoms with E-state index in [1.165, 1.54) is 18.7 Å². The lowest BCUT2D eigenvalue weighted by Crippen LogP contribution is -2.45. The van der Waals surface area contributed by atoms with Crippen molar-refractivity contribution in [1.29, 1.82) is 0 Å². The molecule has 0 spiro atoms. The zero-order valence-electron chi connectivity index (χ0n) is 9.86. The van der Waals surface area contributed by atoms with Gasteiger partial charge in [0.2, 0.25) is 5.95 Å². The van der Waals surface area contributed by atoms with Gasteiger partial charge in [0.15, 0.2) is 0 Å². The van der Waals surface area contributed by atoms with E-state index in [0.717, 1.165) is 25.2 Å². The Kier molecular flexibility index (Phi) is 3.39. The first-order chi connectivity index (χ1) is 7.66. The molecule has 0 aromatic carbocycles. The molecule has 3 nitrogen and oxygen atoms in total. The van der Waals surface area contributed by atoms with Crippen molar-refractivity contribution in [1.82, 2.24) is 9.88 Å². The summed E-state index contributed by atoms with van der Waals surface area (Å²) in [5.41, 5.74) is 0.944. The van der Waals surface area contributed by atoms with Crippen LogP contribution in [0.25, 0.3) is 0 Å². The van der Waals surface area contributed by atoms with E-state index >= 15 is 0 Å². The van der Waals surface area contributed by atoms with Gasteiger partial charge in [0, 0.05) is 37.1 Å². The molecule has 0 amide bonds. The second-order valence-electron chi connectivity index (χ2n) is 4.54. The number of rotatable bonds is 2. The van der Waals surface area contributed by atoms with Crippen LogP contribution >= 0.6 is 0 Å². The molecule has 1 saturated heterocycles. The van der Waals surface area contributed by atoms with E-state index in [1.807, 2.05) is 6.07 Å². The van der Waals surface area contributed by atoms with E-state index in [1.54, 1.807) is 0 Å². The molecule has 16 heavy (non-hydrogen) atoms. The summed E-state index contributed by atoms with van der Waals surface area (Å²) in [4.78, 5) is 8.06. The third kappa shape index (κ3) is 2.50. The van der Waals surface area contributed by atoms with Gasteiger partial charge in [-0.05, 0) is 33.0 Å². The number of aromatic nitrogens is 1. The molecule has 0 saturated carbocycles. The maximum Gasteiger partial charge on any atom is 0.214 e. The van der Waals surface area contributed by atoms with Crippen molar-refractivity contribution < 1.29 is 4.39 Å². The van der Waals surface area contributed by atoms with E-state index in [2.05, 4.69) is 28.9 Å². The zero-order valence-corrected chi connectivity index (χ0v) is 9.86. The van der Waals surface area contributed by atoms with Crippen LogP contribution in [0, 0.1) is 5.95 Å². The lowest BCUT2D eigenvalue weighted by atomic mass is 10.0. The Hall–Kier alpha value is -1.16. The summed E-state index contributed by atoms with van der Waals surface area (Å²) in [6.45, 7) is 1.98. The van der Waals surface area contributed by atoms with Crippen LogP contribution in [0.15, 0.2) is 18.3 Å². The molecule has 1 aromatic rings. The first kappa shape index (κ1) is 11.3. The molecule has 1 unspecified atom stereocenters.